The minimum Gasteiger partial charge on any atom is -0.491 e. The van der Waals surface area contributed by atoms with Crippen molar-refractivity contribution >= 4 is 29.9 Å². The predicted molar refractivity (Wildman–Crippen MR) is 107 cm³/mol. The summed E-state index contributed by atoms with van der Waals surface area (Å²) in [6, 6.07) is 6.24. The average Bonchev–Trinajstić information content (AvgIpc) is 2.53. The Morgan fingerprint density at radius 1 is 1.17 bits per heavy atom. The summed E-state index contributed by atoms with van der Waals surface area (Å²) in [5.74, 6) is 1.71. The average molecular weight is 435 g/mol. The molecule has 1 aromatic rings. The van der Waals surface area contributed by atoms with E-state index >= 15 is 0 Å². The molecule has 6 heteroatoms. The third kappa shape index (κ3) is 9.00. The molecule has 132 valence electrons. The van der Waals surface area contributed by atoms with E-state index in [1.54, 1.807) is 7.05 Å². The fraction of sp³-hybridized carbons (Fsp3) is 0.588. The second kappa shape index (κ2) is 13.4. The standard InChI is InChI=1S/C17H29N3O2.HI/c1-5-9-19-17(18-4)20-13-15-8-7-14(3)12-16(15)22-11-10-21-6-2;/h7-8,12H,5-6,9-11,13H2,1-4H3,(H2,18,19,20);1H. The van der Waals surface area contributed by atoms with Crippen molar-refractivity contribution in [1.82, 2.24) is 10.6 Å². The fourth-order valence-corrected chi connectivity index (χ4v) is 1.94. The zero-order valence-corrected chi connectivity index (χ0v) is 17.0. The molecule has 5 nitrogen and oxygen atoms in total. The van der Waals surface area contributed by atoms with E-state index in [-0.39, 0.29) is 24.0 Å². The SMILES string of the molecule is CCCNC(=NC)NCc1ccc(C)cc1OCCOCC.I. The molecule has 1 rings (SSSR count). The molecule has 0 fully saturated rings. The second-order valence-electron chi connectivity index (χ2n) is 5.01. The van der Waals surface area contributed by atoms with E-state index < -0.39 is 0 Å². The largest absolute Gasteiger partial charge is 0.491 e. The Morgan fingerprint density at radius 3 is 2.61 bits per heavy atom. The molecule has 0 saturated heterocycles. The monoisotopic (exact) mass is 435 g/mol. The Hall–Kier alpha value is -1.02. The first-order valence-corrected chi connectivity index (χ1v) is 7.95. The van der Waals surface area contributed by atoms with Crippen molar-refractivity contribution in [2.45, 2.75) is 33.7 Å². The highest BCUT2D eigenvalue weighted by molar-refractivity contribution is 14.0. The van der Waals surface area contributed by atoms with Gasteiger partial charge in [-0.15, -0.1) is 24.0 Å². The molecule has 0 bridgehead atoms. The Bertz CT molecular complexity index is 467. The van der Waals surface area contributed by atoms with Gasteiger partial charge in [-0.2, -0.15) is 0 Å². The molecule has 0 heterocycles. The van der Waals surface area contributed by atoms with Gasteiger partial charge in [-0.05, 0) is 31.9 Å². The van der Waals surface area contributed by atoms with Gasteiger partial charge in [0.15, 0.2) is 5.96 Å². The summed E-state index contributed by atoms with van der Waals surface area (Å²) in [6.45, 7) is 9.64. The first-order chi connectivity index (χ1) is 10.7. The van der Waals surface area contributed by atoms with E-state index in [2.05, 4.69) is 47.7 Å². The fourth-order valence-electron chi connectivity index (χ4n) is 1.94. The molecule has 0 spiro atoms. The molecule has 0 saturated carbocycles. The van der Waals surface area contributed by atoms with Gasteiger partial charge in [0.25, 0.3) is 0 Å². The lowest BCUT2D eigenvalue weighted by atomic mass is 10.1. The lowest BCUT2D eigenvalue weighted by Gasteiger charge is -2.15. The molecule has 0 radical (unpaired) electrons. The van der Waals surface area contributed by atoms with Crippen LogP contribution in [0.25, 0.3) is 0 Å². The number of rotatable bonds is 9. The maximum absolute atomic E-state index is 5.84. The summed E-state index contributed by atoms with van der Waals surface area (Å²) >= 11 is 0. The van der Waals surface area contributed by atoms with Gasteiger partial charge in [0.1, 0.15) is 12.4 Å². The molecule has 0 aromatic heterocycles. The van der Waals surface area contributed by atoms with Gasteiger partial charge < -0.3 is 20.1 Å². The number of ether oxygens (including phenoxy) is 2. The van der Waals surface area contributed by atoms with E-state index in [1.165, 1.54) is 5.56 Å². The van der Waals surface area contributed by atoms with Crippen LogP contribution in [0.3, 0.4) is 0 Å². The van der Waals surface area contributed by atoms with Crippen molar-refractivity contribution in [2.75, 3.05) is 33.4 Å². The van der Waals surface area contributed by atoms with Crippen LogP contribution >= 0.6 is 24.0 Å². The van der Waals surface area contributed by atoms with E-state index in [9.17, 15) is 0 Å². The number of halogens is 1. The van der Waals surface area contributed by atoms with Gasteiger partial charge in [0.2, 0.25) is 0 Å². The van der Waals surface area contributed by atoms with E-state index in [0.717, 1.165) is 30.2 Å². The lowest BCUT2D eigenvalue weighted by molar-refractivity contribution is 0.110. The molecular formula is C17H30IN3O2. The third-order valence-electron chi connectivity index (χ3n) is 3.12. The van der Waals surface area contributed by atoms with E-state index in [1.807, 2.05) is 6.92 Å². The molecule has 1 aromatic carbocycles. The van der Waals surface area contributed by atoms with Crippen LogP contribution in [0.2, 0.25) is 0 Å². The zero-order chi connectivity index (χ0) is 16.2. The predicted octanol–water partition coefficient (Wildman–Crippen LogP) is 3.10. The van der Waals surface area contributed by atoms with Crippen molar-refractivity contribution < 1.29 is 9.47 Å². The highest BCUT2D eigenvalue weighted by Gasteiger charge is 2.05. The molecule has 2 N–H and O–H groups in total. The summed E-state index contributed by atoms with van der Waals surface area (Å²) in [6.07, 6.45) is 1.07. The number of aryl methyl sites for hydroxylation is 1. The Morgan fingerprint density at radius 2 is 1.96 bits per heavy atom. The van der Waals surface area contributed by atoms with Crippen LogP contribution in [0.1, 0.15) is 31.4 Å². The summed E-state index contributed by atoms with van der Waals surface area (Å²) in [5, 5.41) is 6.57. The maximum atomic E-state index is 5.84. The Kier molecular flexibility index (Phi) is 12.8. The number of aliphatic imine (C=N–C) groups is 1. The van der Waals surface area contributed by atoms with Crippen LogP contribution in [-0.2, 0) is 11.3 Å². The zero-order valence-electron chi connectivity index (χ0n) is 14.6. The van der Waals surface area contributed by atoms with Crippen molar-refractivity contribution in [3.63, 3.8) is 0 Å². The molecule has 23 heavy (non-hydrogen) atoms. The van der Waals surface area contributed by atoms with Crippen LogP contribution in [-0.4, -0.2) is 39.4 Å². The van der Waals surface area contributed by atoms with Crippen molar-refractivity contribution in [3.8, 4) is 5.75 Å². The van der Waals surface area contributed by atoms with Gasteiger partial charge in [0, 0.05) is 32.3 Å². The number of benzene rings is 1. The van der Waals surface area contributed by atoms with Crippen LogP contribution in [0.5, 0.6) is 5.75 Å². The van der Waals surface area contributed by atoms with Crippen LogP contribution < -0.4 is 15.4 Å². The van der Waals surface area contributed by atoms with Crippen LogP contribution in [0.4, 0.5) is 0 Å². The number of nitrogens with one attached hydrogen (secondary N) is 2. The van der Waals surface area contributed by atoms with Crippen molar-refractivity contribution in [1.29, 1.82) is 0 Å². The van der Waals surface area contributed by atoms with Crippen LogP contribution in [0.15, 0.2) is 23.2 Å². The van der Waals surface area contributed by atoms with Crippen molar-refractivity contribution in [3.05, 3.63) is 29.3 Å². The first kappa shape index (κ1) is 22.0. The normalized spacial score (nSPS) is 10.9. The first-order valence-electron chi connectivity index (χ1n) is 7.95. The summed E-state index contributed by atoms with van der Waals surface area (Å²) in [4.78, 5) is 4.21. The van der Waals surface area contributed by atoms with Crippen molar-refractivity contribution in [2.24, 2.45) is 4.99 Å². The quantitative estimate of drug-likeness (QED) is 0.271. The summed E-state index contributed by atoms with van der Waals surface area (Å²) < 4.78 is 11.2. The van der Waals surface area contributed by atoms with Gasteiger partial charge >= 0.3 is 0 Å². The van der Waals surface area contributed by atoms with E-state index in [4.69, 9.17) is 9.47 Å². The number of guanidine groups is 1. The maximum Gasteiger partial charge on any atom is 0.191 e. The molecular weight excluding hydrogens is 405 g/mol. The highest BCUT2D eigenvalue weighted by atomic mass is 127. The minimum atomic E-state index is 0. The molecule has 0 aliphatic heterocycles. The third-order valence-corrected chi connectivity index (χ3v) is 3.12. The molecule has 0 unspecified atom stereocenters. The molecule has 0 atom stereocenters. The lowest BCUT2D eigenvalue weighted by Crippen LogP contribution is -2.37. The van der Waals surface area contributed by atoms with Crippen LogP contribution in [0, 0.1) is 6.92 Å². The Balaban J connectivity index is 0.00000484. The van der Waals surface area contributed by atoms with E-state index in [0.29, 0.717) is 26.4 Å². The highest BCUT2D eigenvalue weighted by Crippen LogP contribution is 2.20. The number of hydrogen-bond acceptors (Lipinski definition) is 3. The second-order valence-corrected chi connectivity index (χ2v) is 5.01. The minimum absolute atomic E-state index is 0. The molecule has 0 aliphatic carbocycles. The Labute approximate surface area is 157 Å². The molecule has 0 aliphatic rings. The topological polar surface area (TPSA) is 54.9 Å². The number of nitrogens with zero attached hydrogens (tertiary/aromatic N) is 1. The smallest absolute Gasteiger partial charge is 0.191 e. The molecule has 0 amide bonds. The van der Waals surface area contributed by atoms with Gasteiger partial charge in [-0.3, -0.25) is 4.99 Å². The van der Waals surface area contributed by atoms with Gasteiger partial charge in [-0.25, -0.2) is 0 Å². The number of hydrogen-bond donors (Lipinski definition) is 2. The van der Waals surface area contributed by atoms with Gasteiger partial charge in [-0.1, -0.05) is 19.1 Å². The summed E-state index contributed by atoms with van der Waals surface area (Å²) in [5.41, 5.74) is 2.30. The summed E-state index contributed by atoms with van der Waals surface area (Å²) in [7, 11) is 1.78. The van der Waals surface area contributed by atoms with Gasteiger partial charge in [0.05, 0.1) is 6.61 Å².